The fraction of sp³-hybridized carbons (Fsp3) is 0.333. The molecule has 0 aliphatic heterocycles. The Morgan fingerprint density at radius 1 is 1.42 bits per heavy atom. The molecule has 0 aromatic carbocycles. The molecule has 0 saturated heterocycles. The van der Waals surface area contributed by atoms with Crippen LogP contribution in [0.2, 0.25) is 0 Å². The highest BCUT2D eigenvalue weighted by Gasteiger charge is 2.21. The van der Waals surface area contributed by atoms with Crippen LogP contribution in [0.3, 0.4) is 0 Å². The average Bonchev–Trinajstić information content (AvgIpc) is 3.04. The van der Waals surface area contributed by atoms with E-state index in [-0.39, 0.29) is 23.6 Å². The normalized spacial score (nSPS) is 11.3. The minimum atomic E-state index is -3.12. The van der Waals surface area contributed by atoms with E-state index in [4.69, 9.17) is 4.52 Å². The highest BCUT2D eigenvalue weighted by molar-refractivity contribution is 7.18. The number of carbonyl (C=O) groups is 1. The number of carbonyl (C=O) groups excluding carboxylic acids is 1. The molecule has 11 heteroatoms. The van der Waals surface area contributed by atoms with Gasteiger partial charge in [0.15, 0.2) is 5.76 Å². The standard InChI is InChI=1S/C15H14F2N4O4S/c1-6-8(3)26-13-10(6)14(23)21(5-18-13)4-9(22)19-11-7(2)25-20-12(11)24-15(16)17/h5,15H,4H2,1-3H3,(H,19,22). The molecule has 3 aromatic rings. The molecular formula is C15H14F2N4O4S. The molecule has 0 bridgehead atoms. The fourth-order valence-electron chi connectivity index (χ4n) is 2.37. The van der Waals surface area contributed by atoms with Crippen molar-refractivity contribution in [2.45, 2.75) is 33.9 Å². The summed E-state index contributed by atoms with van der Waals surface area (Å²) in [6, 6.07) is 0. The molecule has 3 aromatic heterocycles. The first-order valence-corrected chi connectivity index (χ1v) is 8.25. The van der Waals surface area contributed by atoms with Gasteiger partial charge in [0, 0.05) is 4.88 Å². The van der Waals surface area contributed by atoms with Gasteiger partial charge in [-0.2, -0.15) is 8.78 Å². The summed E-state index contributed by atoms with van der Waals surface area (Å²) >= 11 is 1.40. The van der Waals surface area contributed by atoms with E-state index in [9.17, 15) is 18.4 Å². The average molecular weight is 384 g/mol. The summed E-state index contributed by atoms with van der Waals surface area (Å²) in [6.07, 6.45) is 1.27. The molecule has 0 aliphatic carbocycles. The first kappa shape index (κ1) is 18.0. The lowest BCUT2D eigenvalue weighted by Gasteiger charge is -2.08. The number of aromatic nitrogens is 3. The molecule has 3 heterocycles. The van der Waals surface area contributed by atoms with Gasteiger partial charge in [0.2, 0.25) is 5.91 Å². The van der Waals surface area contributed by atoms with E-state index in [0.29, 0.717) is 10.2 Å². The number of hydrogen-bond donors (Lipinski definition) is 1. The third-order valence-corrected chi connectivity index (χ3v) is 4.88. The minimum absolute atomic E-state index is 0.0965. The van der Waals surface area contributed by atoms with Crippen LogP contribution in [0.1, 0.15) is 16.2 Å². The number of ether oxygens (including phenoxy) is 1. The number of nitrogens with zero attached hydrogens (tertiary/aromatic N) is 3. The van der Waals surface area contributed by atoms with Gasteiger partial charge < -0.3 is 14.6 Å². The van der Waals surface area contributed by atoms with Crippen LogP contribution in [0.4, 0.5) is 14.5 Å². The molecule has 0 aliphatic rings. The molecular weight excluding hydrogens is 370 g/mol. The Balaban J connectivity index is 1.84. The van der Waals surface area contributed by atoms with Crippen LogP contribution >= 0.6 is 11.3 Å². The number of aryl methyl sites for hydroxylation is 3. The number of fused-ring (bicyclic) bond motifs is 1. The number of nitrogens with one attached hydrogen (secondary N) is 1. The van der Waals surface area contributed by atoms with Crippen molar-refractivity contribution in [2.75, 3.05) is 5.32 Å². The van der Waals surface area contributed by atoms with Crippen LogP contribution in [-0.2, 0) is 11.3 Å². The van der Waals surface area contributed by atoms with Crippen molar-refractivity contribution in [1.82, 2.24) is 14.7 Å². The topological polar surface area (TPSA) is 99.3 Å². The largest absolute Gasteiger partial charge is 0.412 e. The summed E-state index contributed by atoms with van der Waals surface area (Å²) in [4.78, 5) is 30.6. The Bertz CT molecular complexity index is 1040. The van der Waals surface area contributed by atoms with Crippen LogP contribution in [0.5, 0.6) is 5.88 Å². The van der Waals surface area contributed by atoms with E-state index < -0.39 is 18.4 Å². The second kappa shape index (κ2) is 6.83. The van der Waals surface area contributed by atoms with Gasteiger partial charge >= 0.3 is 6.61 Å². The number of amides is 1. The molecule has 0 saturated carbocycles. The monoisotopic (exact) mass is 384 g/mol. The third kappa shape index (κ3) is 3.29. The molecule has 8 nitrogen and oxygen atoms in total. The van der Waals surface area contributed by atoms with Gasteiger partial charge in [0.25, 0.3) is 11.4 Å². The minimum Gasteiger partial charge on any atom is -0.412 e. The number of rotatable bonds is 5. The van der Waals surface area contributed by atoms with Crippen LogP contribution in [0.25, 0.3) is 10.2 Å². The maximum Gasteiger partial charge on any atom is 0.388 e. The molecule has 138 valence electrons. The molecule has 0 fully saturated rings. The number of hydrogen-bond acceptors (Lipinski definition) is 7. The highest BCUT2D eigenvalue weighted by atomic mass is 32.1. The zero-order valence-electron chi connectivity index (χ0n) is 14.0. The summed E-state index contributed by atoms with van der Waals surface area (Å²) in [5.41, 5.74) is 0.359. The lowest BCUT2D eigenvalue weighted by molar-refractivity contribution is -0.116. The van der Waals surface area contributed by atoms with E-state index in [2.05, 4.69) is 20.2 Å². The summed E-state index contributed by atoms with van der Waals surface area (Å²) in [6.45, 7) is 1.66. The van der Waals surface area contributed by atoms with Gasteiger partial charge in [-0.3, -0.25) is 14.2 Å². The van der Waals surface area contributed by atoms with Crippen molar-refractivity contribution in [1.29, 1.82) is 0 Å². The van der Waals surface area contributed by atoms with Crippen molar-refractivity contribution in [3.63, 3.8) is 0 Å². The summed E-state index contributed by atoms with van der Waals surface area (Å²) in [7, 11) is 0. The van der Waals surface area contributed by atoms with Crippen LogP contribution in [-0.4, -0.2) is 27.2 Å². The van der Waals surface area contributed by atoms with Crippen molar-refractivity contribution in [3.8, 4) is 5.88 Å². The Labute approximate surface area is 149 Å². The molecule has 0 radical (unpaired) electrons. The maximum atomic E-state index is 12.6. The summed E-state index contributed by atoms with van der Waals surface area (Å²) < 4.78 is 34.8. The van der Waals surface area contributed by atoms with Crippen molar-refractivity contribution in [3.05, 3.63) is 32.9 Å². The van der Waals surface area contributed by atoms with Crippen LogP contribution in [0.15, 0.2) is 15.6 Å². The molecule has 1 amide bonds. The van der Waals surface area contributed by atoms with Crippen molar-refractivity contribution < 1.29 is 22.8 Å². The van der Waals surface area contributed by atoms with Gasteiger partial charge in [0.1, 0.15) is 17.1 Å². The van der Waals surface area contributed by atoms with Gasteiger partial charge in [0.05, 0.1) is 11.7 Å². The number of thiophene rings is 1. The SMILES string of the molecule is Cc1onc(OC(F)F)c1NC(=O)Cn1cnc2sc(C)c(C)c2c1=O. The molecule has 1 N–H and O–H groups in total. The molecule has 0 spiro atoms. The van der Waals surface area contributed by atoms with E-state index in [1.54, 1.807) is 0 Å². The quantitative estimate of drug-likeness (QED) is 0.726. The Morgan fingerprint density at radius 3 is 2.85 bits per heavy atom. The van der Waals surface area contributed by atoms with Gasteiger partial charge in [-0.05, 0) is 31.5 Å². The van der Waals surface area contributed by atoms with E-state index in [1.807, 2.05) is 13.8 Å². The number of halogens is 2. The Hall–Kier alpha value is -2.82. The first-order chi connectivity index (χ1) is 12.3. The van der Waals surface area contributed by atoms with Gasteiger partial charge in [-0.25, -0.2) is 4.98 Å². The lowest BCUT2D eigenvalue weighted by Crippen LogP contribution is -2.28. The first-order valence-electron chi connectivity index (χ1n) is 7.44. The highest BCUT2D eigenvalue weighted by Crippen LogP contribution is 2.28. The maximum absolute atomic E-state index is 12.6. The van der Waals surface area contributed by atoms with Crippen molar-refractivity contribution >= 4 is 33.1 Å². The zero-order valence-corrected chi connectivity index (χ0v) is 14.8. The molecule has 3 rings (SSSR count). The van der Waals surface area contributed by atoms with Gasteiger partial charge in [-0.15, -0.1) is 11.3 Å². The van der Waals surface area contributed by atoms with Crippen LogP contribution < -0.4 is 15.6 Å². The van der Waals surface area contributed by atoms with E-state index in [1.165, 1.54) is 24.6 Å². The van der Waals surface area contributed by atoms with Gasteiger partial charge in [-0.1, -0.05) is 0 Å². The van der Waals surface area contributed by atoms with E-state index in [0.717, 1.165) is 15.0 Å². The molecule has 0 unspecified atom stereocenters. The second-order valence-electron chi connectivity index (χ2n) is 5.49. The molecule has 0 atom stereocenters. The predicted molar refractivity (Wildman–Crippen MR) is 89.9 cm³/mol. The smallest absolute Gasteiger partial charge is 0.388 e. The third-order valence-electron chi connectivity index (χ3n) is 3.77. The van der Waals surface area contributed by atoms with E-state index >= 15 is 0 Å². The number of alkyl halides is 2. The lowest BCUT2D eigenvalue weighted by atomic mass is 10.2. The second-order valence-corrected chi connectivity index (χ2v) is 6.69. The molecule has 26 heavy (non-hydrogen) atoms. The zero-order chi connectivity index (χ0) is 19.0. The van der Waals surface area contributed by atoms with Crippen LogP contribution in [0, 0.1) is 20.8 Å². The van der Waals surface area contributed by atoms with Crippen molar-refractivity contribution in [2.24, 2.45) is 0 Å². The summed E-state index contributed by atoms with van der Waals surface area (Å²) in [5.74, 6) is -1.07. The Kier molecular flexibility index (Phi) is 4.72. The number of anilines is 1. The summed E-state index contributed by atoms with van der Waals surface area (Å²) in [5, 5.41) is 6.15. The fourth-order valence-corrected chi connectivity index (χ4v) is 3.36. The Morgan fingerprint density at radius 2 is 2.15 bits per heavy atom. The predicted octanol–water partition coefficient (Wildman–Crippen LogP) is 2.61.